The first-order chi connectivity index (χ1) is 30.0. The Morgan fingerprint density at radius 3 is 0.726 bits per heavy atom. The fourth-order valence-corrected chi connectivity index (χ4v) is 15.6. The number of ketones is 3. The molecule has 0 aliphatic heterocycles. The van der Waals surface area contributed by atoms with Crippen LogP contribution >= 0.6 is 0 Å². The van der Waals surface area contributed by atoms with Gasteiger partial charge in [0.2, 0.25) is 0 Å². The standard InChI is InChI=1S/2C9H21O3Si.2C8H17.C7H10O3.2C4H9.2Sn/c2*1-4-7-10-13(11-8-5-2)12-9-6-3;2*1-3-5-7-8-6-4-2;1-4(8)7(5(2)9)6(3)10;2*1-3-4-2;;/h2*4-9H2,1-3H3;2*1,3-8H2,2H3;7H,1-3H3;2*1,3-4H2,2H3;;. The molecule has 0 aromatic heterocycles. The Hall–Kier alpha value is 0.801. The summed E-state index contributed by atoms with van der Waals surface area (Å²) in [6.45, 7) is 29.8. The molecule has 13 heteroatoms. The molecule has 0 aromatic rings. The molecule has 62 heavy (non-hydrogen) atoms. The number of unbranched alkanes of at least 4 members (excludes halogenated alkanes) is 12. The number of hydrogen-bond acceptors (Lipinski definition) is 9. The zero-order valence-electron chi connectivity index (χ0n) is 43.4. The average molecular weight is 1130 g/mol. The Morgan fingerprint density at radius 2 is 0.532 bits per heavy atom. The van der Waals surface area contributed by atoms with Crippen molar-refractivity contribution in [1.29, 1.82) is 0 Å². The predicted octanol–water partition coefficient (Wildman–Crippen LogP) is 14.2. The molecule has 0 saturated carbocycles. The van der Waals surface area contributed by atoms with Crippen molar-refractivity contribution in [3.8, 4) is 0 Å². The van der Waals surface area contributed by atoms with Crippen LogP contribution in [-0.4, -0.2) is 118 Å². The van der Waals surface area contributed by atoms with E-state index in [1.165, 1.54) is 111 Å². The zero-order valence-corrected chi connectivity index (χ0v) is 51.1. The second-order valence-corrected chi connectivity index (χ2v) is 26.9. The molecule has 6 radical (unpaired) electrons. The van der Waals surface area contributed by atoms with Gasteiger partial charge in [0.15, 0.2) is 0 Å². The molecule has 0 N–H and O–H groups in total. The second-order valence-electron chi connectivity index (χ2n) is 15.6. The molecule has 0 aromatic carbocycles. The summed E-state index contributed by atoms with van der Waals surface area (Å²) in [5.41, 5.74) is 0. The van der Waals surface area contributed by atoms with E-state index in [0.29, 0.717) is 0 Å². The van der Waals surface area contributed by atoms with Gasteiger partial charge in [-0.15, -0.1) is 0 Å². The summed E-state index contributed by atoms with van der Waals surface area (Å²) in [5, 5.41) is 0. The van der Waals surface area contributed by atoms with Gasteiger partial charge in [0.25, 0.3) is 0 Å². The molecule has 9 nitrogen and oxygen atoms in total. The molecular weight excluding hydrogens is 1030 g/mol. The number of carbonyl (C=O) groups excluding carboxylic acids is 3. The number of rotatable bonds is 41. The van der Waals surface area contributed by atoms with Crippen molar-refractivity contribution in [2.45, 2.75) is 249 Å². The van der Waals surface area contributed by atoms with E-state index < -0.39 is 25.0 Å². The Morgan fingerprint density at radius 1 is 0.323 bits per heavy atom. The molecule has 0 fully saturated rings. The van der Waals surface area contributed by atoms with Crippen molar-refractivity contribution in [3.05, 3.63) is 0 Å². The molecule has 0 saturated heterocycles. The maximum atomic E-state index is 10.6. The van der Waals surface area contributed by atoms with E-state index in [1.807, 2.05) is 0 Å². The van der Waals surface area contributed by atoms with Gasteiger partial charge in [-0.3, -0.25) is 14.4 Å². The predicted molar refractivity (Wildman–Crippen MR) is 272 cm³/mol. The second kappa shape index (κ2) is 66.1. The number of Topliss-reactive ketones (excluding diaryl/α,β-unsaturated/α-hetero) is 3. The molecule has 0 atom stereocenters. The summed E-state index contributed by atoms with van der Waals surface area (Å²) in [4.78, 5) is 31.8. The van der Waals surface area contributed by atoms with Crippen molar-refractivity contribution < 1.29 is 40.9 Å². The summed E-state index contributed by atoms with van der Waals surface area (Å²) in [6.07, 6.45) is 29.7. The van der Waals surface area contributed by atoms with Gasteiger partial charge >= 0.3 is 210 Å². The van der Waals surface area contributed by atoms with Gasteiger partial charge in [0.05, 0.1) is 0 Å². The number of carbonyl (C=O) groups is 3. The Bertz CT molecular complexity index is 747. The fourth-order valence-electron chi connectivity index (χ4n) is 5.14. The first-order valence-electron chi connectivity index (χ1n) is 25.4. The molecule has 0 unspecified atom stereocenters. The third kappa shape index (κ3) is 67.4. The van der Waals surface area contributed by atoms with E-state index in [4.69, 9.17) is 26.6 Å². The van der Waals surface area contributed by atoms with Crippen LogP contribution in [0.3, 0.4) is 0 Å². The van der Waals surface area contributed by atoms with Crippen molar-refractivity contribution in [1.82, 2.24) is 0 Å². The molecule has 0 amide bonds. The summed E-state index contributed by atoms with van der Waals surface area (Å²) in [5.74, 6) is -2.15. The van der Waals surface area contributed by atoms with Gasteiger partial charge in [-0.05, 0) is 59.3 Å². The third-order valence-corrected chi connectivity index (χ3v) is 19.3. The molecule has 0 heterocycles. The summed E-state index contributed by atoms with van der Waals surface area (Å²) in [7, 11) is -2.87. The van der Waals surface area contributed by atoms with Crippen molar-refractivity contribution in [2.75, 3.05) is 39.6 Å². The molecule has 0 bridgehead atoms. The van der Waals surface area contributed by atoms with Gasteiger partial charge in [-0.2, -0.15) is 0 Å². The molecule has 0 rings (SSSR count). The topological polar surface area (TPSA) is 107 Å². The molecular formula is C49H104O9Si2Sn2. The molecule has 0 spiro atoms. The van der Waals surface area contributed by atoms with Crippen molar-refractivity contribution >= 4 is 78.7 Å². The van der Waals surface area contributed by atoms with Crippen molar-refractivity contribution in [2.24, 2.45) is 5.92 Å². The molecule has 370 valence electrons. The Balaban J connectivity index is -0.000000222. The Labute approximate surface area is 411 Å². The minimum absolute atomic E-state index is 0.0736. The fraction of sp³-hybridized carbons (Fsp3) is 0.939. The van der Waals surface area contributed by atoms with Crippen LogP contribution in [0.4, 0.5) is 0 Å². The molecule has 0 aliphatic carbocycles. The van der Waals surface area contributed by atoms with E-state index in [0.717, 1.165) is 78.2 Å². The number of hydrogen-bond donors (Lipinski definition) is 0. The summed E-state index contributed by atoms with van der Waals surface area (Å²) < 4.78 is 39.3. The van der Waals surface area contributed by atoms with Crippen LogP contribution in [-0.2, 0) is 40.9 Å². The van der Waals surface area contributed by atoms with Crippen LogP contribution in [0.1, 0.15) is 231 Å². The van der Waals surface area contributed by atoms with Crippen LogP contribution in [0.5, 0.6) is 0 Å². The SMILES string of the molecule is CC(=O)C(C(C)=O)C(C)=O.CCCCCCC[CH2][Sn][CH2]CCCCCCC.CCCO[Si](OCCC)OCCC.CCCO[Si](OCCC)OCCC.CCC[CH2][Sn][CH2]CCC. The van der Waals surface area contributed by atoms with Crippen molar-refractivity contribution in [3.63, 3.8) is 0 Å². The van der Waals surface area contributed by atoms with Gasteiger partial charge in [0.1, 0.15) is 23.3 Å². The van der Waals surface area contributed by atoms with Crippen LogP contribution in [0.2, 0.25) is 17.7 Å². The van der Waals surface area contributed by atoms with Gasteiger partial charge in [-0.25, -0.2) is 0 Å². The first kappa shape index (κ1) is 71.8. The quantitative estimate of drug-likeness (QED) is 0.0336. The van der Waals surface area contributed by atoms with Gasteiger partial charge in [0, 0.05) is 39.6 Å². The monoisotopic (exact) mass is 1130 g/mol. The summed E-state index contributed by atoms with van der Waals surface area (Å²) >= 11 is 0.223. The third-order valence-electron chi connectivity index (χ3n) is 8.59. The van der Waals surface area contributed by atoms with Crippen LogP contribution in [0, 0.1) is 5.92 Å². The van der Waals surface area contributed by atoms with Crippen LogP contribution in [0.15, 0.2) is 0 Å². The van der Waals surface area contributed by atoms with E-state index in [9.17, 15) is 14.4 Å². The zero-order chi connectivity index (χ0) is 47.7. The maximum absolute atomic E-state index is 10.6. The van der Waals surface area contributed by atoms with Crippen LogP contribution in [0.25, 0.3) is 0 Å². The summed E-state index contributed by atoms with van der Waals surface area (Å²) in [6, 6.07) is 0. The van der Waals surface area contributed by atoms with Crippen LogP contribution < -0.4 is 0 Å². The van der Waals surface area contributed by atoms with E-state index in [2.05, 4.69) is 69.2 Å². The normalized spacial score (nSPS) is 10.6. The van der Waals surface area contributed by atoms with E-state index in [1.54, 1.807) is 30.6 Å². The molecule has 0 aliphatic rings. The van der Waals surface area contributed by atoms with E-state index in [-0.39, 0.29) is 59.6 Å². The average Bonchev–Trinajstić information content (AvgIpc) is 3.25. The minimum atomic E-state index is -1.43. The van der Waals surface area contributed by atoms with E-state index >= 15 is 0 Å². The first-order valence-corrected chi connectivity index (χ1v) is 35.9. The Kier molecular flexibility index (Phi) is 76.5. The van der Waals surface area contributed by atoms with Gasteiger partial charge < -0.3 is 26.6 Å². The van der Waals surface area contributed by atoms with Gasteiger partial charge in [-0.1, -0.05) is 41.5 Å².